The summed E-state index contributed by atoms with van der Waals surface area (Å²) in [5.41, 5.74) is 0.763. The van der Waals surface area contributed by atoms with Crippen molar-refractivity contribution in [2.75, 3.05) is 14.2 Å². The fraction of sp³-hybridized carbons (Fsp3) is 0.250. The van der Waals surface area contributed by atoms with Crippen molar-refractivity contribution >= 4 is 5.97 Å². The second-order valence-corrected chi connectivity index (χ2v) is 3.79. The van der Waals surface area contributed by atoms with Gasteiger partial charge in [0, 0.05) is 6.07 Å². The van der Waals surface area contributed by atoms with E-state index in [1.807, 2.05) is 12.1 Å². The first kappa shape index (κ1) is 12.9. The van der Waals surface area contributed by atoms with E-state index in [4.69, 9.17) is 14.6 Å². The highest BCUT2D eigenvalue weighted by Gasteiger charge is 2.09. The Balaban J connectivity index is 2.23. The van der Waals surface area contributed by atoms with E-state index in [9.17, 15) is 4.79 Å². The van der Waals surface area contributed by atoms with Crippen molar-refractivity contribution < 1.29 is 19.4 Å². The second kappa shape index (κ2) is 5.38. The number of rotatable bonds is 5. The van der Waals surface area contributed by atoms with E-state index in [2.05, 4.69) is 10.2 Å². The third-order valence-corrected chi connectivity index (χ3v) is 2.49. The maximum absolute atomic E-state index is 10.7. The molecule has 100 valence electrons. The monoisotopic (exact) mass is 263 g/mol. The number of benzene rings is 1. The van der Waals surface area contributed by atoms with Gasteiger partial charge in [-0.3, -0.25) is 0 Å². The van der Waals surface area contributed by atoms with Crippen LogP contribution in [-0.4, -0.2) is 40.3 Å². The molecule has 1 aromatic carbocycles. The number of aromatic carboxylic acids is 1. The topological polar surface area (TPSA) is 86.5 Å². The Morgan fingerprint density at radius 3 is 2.37 bits per heavy atom. The molecule has 0 spiro atoms. The van der Waals surface area contributed by atoms with Crippen molar-refractivity contribution in [2.24, 2.45) is 0 Å². The Labute approximate surface area is 109 Å². The van der Waals surface area contributed by atoms with Gasteiger partial charge in [-0.15, -0.1) is 5.10 Å². The highest BCUT2D eigenvalue weighted by Crippen LogP contribution is 2.22. The van der Waals surface area contributed by atoms with Gasteiger partial charge in [-0.05, 0) is 17.7 Å². The molecular weight excluding hydrogens is 250 g/mol. The third kappa shape index (κ3) is 3.01. The van der Waals surface area contributed by atoms with Crippen LogP contribution in [0.15, 0.2) is 24.4 Å². The van der Waals surface area contributed by atoms with Crippen LogP contribution in [0.4, 0.5) is 0 Å². The van der Waals surface area contributed by atoms with Crippen LogP contribution in [0, 0.1) is 0 Å². The van der Waals surface area contributed by atoms with Gasteiger partial charge >= 0.3 is 5.97 Å². The van der Waals surface area contributed by atoms with Gasteiger partial charge in [0.05, 0.1) is 27.0 Å². The molecule has 0 bridgehead atoms. The number of carboxylic acids is 1. The van der Waals surface area contributed by atoms with Crippen LogP contribution in [0.25, 0.3) is 0 Å². The van der Waals surface area contributed by atoms with Crippen molar-refractivity contribution in [1.29, 1.82) is 0 Å². The van der Waals surface area contributed by atoms with Crippen LogP contribution in [0.5, 0.6) is 11.5 Å². The summed E-state index contributed by atoms with van der Waals surface area (Å²) < 4.78 is 10.3. The van der Waals surface area contributed by atoms with Crippen molar-refractivity contribution in [2.45, 2.75) is 6.54 Å². The van der Waals surface area contributed by atoms with Gasteiger partial charge in [-0.2, -0.15) is 9.90 Å². The van der Waals surface area contributed by atoms with Gasteiger partial charge in [0.1, 0.15) is 11.5 Å². The molecule has 2 aromatic rings. The molecule has 0 unspecified atom stereocenters. The maximum Gasteiger partial charge on any atom is 0.358 e. The first-order valence-corrected chi connectivity index (χ1v) is 5.47. The molecule has 0 saturated heterocycles. The summed E-state index contributed by atoms with van der Waals surface area (Å²) in [5.74, 6) is 0.203. The molecule has 7 nitrogen and oxygen atoms in total. The second-order valence-electron chi connectivity index (χ2n) is 3.79. The molecule has 0 saturated carbocycles. The lowest BCUT2D eigenvalue weighted by Crippen LogP contribution is -2.06. The lowest BCUT2D eigenvalue weighted by Gasteiger charge is -2.07. The van der Waals surface area contributed by atoms with Crippen LogP contribution in [0.1, 0.15) is 16.1 Å². The van der Waals surface area contributed by atoms with Gasteiger partial charge in [-0.25, -0.2) is 4.79 Å². The minimum Gasteiger partial charge on any atom is -0.497 e. The molecule has 2 rings (SSSR count). The molecule has 0 radical (unpaired) electrons. The highest BCUT2D eigenvalue weighted by molar-refractivity contribution is 5.84. The Bertz CT molecular complexity index is 572. The van der Waals surface area contributed by atoms with Crippen molar-refractivity contribution in [3.8, 4) is 11.5 Å². The average molecular weight is 263 g/mol. The standard InChI is InChI=1S/C12H13N3O4/c1-18-9-3-8(4-10(5-9)19-2)7-15-13-6-11(14-15)12(16)17/h3-6H,7H2,1-2H3,(H,16,17). The van der Waals surface area contributed by atoms with E-state index in [1.54, 1.807) is 20.3 Å². The Morgan fingerprint density at radius 2 is 1.89 bits per heavy atom. The Hall–Kier alpha value is -2.57. The number of nitrogens with zero attached hydrogens (tertiary/aromatic N) is 3. The Kier molecular flexibility index (Phi) is 3.65. The van der Waals surface area contributed by atoms with E-state index in [-0.39, 0.29) is 5.69 Å². The number of hydrogen-bond acceptors (Lipinski definition) is 5. The van der Waals surface area contributed by atoms with Crippen LogP contribution in [-0.2, 0) is 6.54 Å². The summed E-state index contributed by atoms with van der Waals surface area (Å²) >= 11 is 0. The quantitative estimate of drug-likeness (QED) is 0.867. The van der Waals surface area contributed by atoms with Gasteiger partial charge in [-0.1, -0.05) is 0 Å². The summed E-state index contributed by atoms with van der Waals surface area (Å²) in [4.78, 5) is 12.0. The SMILES string of the molecule is COc1cc(Cn2ncc(C(=O)O)n2)cc(OC)c1. The average Bonchev–Trinajstić information content (AvgIpc) is 2.87. The highest BCUT2D eigenvalue weighted by atomic mass is 16.5. The van der Waals surface area contributed by atoms with E-state index in [0.29, 0.717) is 18.0 Å². The molecule has 1 aromatic heterocycles. The predicted octanol–water partition coefficient (Wildman–Crippen LogP) is 1.04. The maximum atomic E-state index is 10.7. The van der Waals surface area contributed by atoms with E-state index < -0.39 is 5.97 Å². The minimum atomic E-state index is -1.10. The van der Waals surface area contributed by atoms with Crippen molar-refractivity contribution in [1.82, 2.24) is 15.0 Å². The van der Waals surface area contributed by atoms with Gasteiger partial charge in [0.15, 0.2) is 5.69 Å². The predicted molar refractivity (Wildman–Crippen MR) is 65.6 cm³/mol. The first-order chi connectivity index (χ1) is 9.12. The van der Waals surface area contributed by atoms with Crippen LogP contribution in [0.3, 0.4) is 0 Å². The molecule has 0 atom stereocenters. The zero-order valence-corrected chi connectivity index (χ0v) is 10.5. The summed E-state index contributed by atoms with van der Waals surface area (Å²) in [5, 5.41) is 16.5. The lowest BCUT2D eigenvalue weighted by molar-refractivity contribution is 0.0689. The van der Waals surface area contributed by atoms with E-state index in [0.717, 1.165) is 5.56 Å². The first-order valence-electron chi connectivity index (χ1n) is 5.47. The summed E-state index contributed by atoms with van der Waals surface area (Å²) in [6.07, 6.45) is 1.21. The third-order valence-electron chi connectivity index (χ3n) is 2.49. The lowest BCUT2D eigenvalue weighted by atomic mass is 10.2. The smallest absolute Gasteiger partial charge is 0.358 e. The molecule has 0 aliphatic heterocycles. The Morgan fingerprint density at radius 1 is 1.26 bits per heavy atom. The molecule has 19 heavy (non-hydrogen) atoms. The number of carbonyl (C=O) groups is 1. The number of aromatic nitrogens is 3. The zero-order chi connectivity index (χ0) is 13.8. The summed E-state index contributed by atoms with van der Waals surface area (Å²) in [7, 11) is 3.13. The summed E-state index contributed by atoms with van der Waals surface area (Å²) in [6, 6.07) is 5.38. The summed E-state index contributed by atoms with van der Waals surface area (Å²) in [6.45, 7) is 0.334. The van der Waals surface area contributed by atoms with Gasteiger partial charge in [0.25, 0.3) is 0 Å². The van der Waals surface area contributed by atoms with Crippen LogP contribution >= 0.6 is 0 Å². The van der Waals surface area contributed by atoms with Crippen molar-refractivity contribution in [3.63, 3.8) is 0 Å². The normalized spacial score (nSPS) is 10.2. The zero-order valence-electron chi connectivity index (χ0n) is 10.5. The van der Waals surface area contributed by atoms with Crippen LogP contribution in [0.2, 0.25) is 0 Å². The molecule has 0 aliphatic rings. The molecule has 1 N–H and O–H groups in total. The molecule has 7 heteroatoms. The number of methoxy groups -OCH3 is 2. The minimum absolute atomic E-state index is 0.0881. The fourth-order valence-electron chi connectivity index (χ4n) is 1.59. The fourth-order valence-corrected chi connectivity index (χ4v) is 1.59. The number of ether oxygens (including phenoxy) is 2. The molecular formula is C12H13N3O4. The van der Waals surface area contributed by atoms with E-state index in [1.165, 1.54) is 11.0 Å². The largest absolute Gasteiger partial charge is 0.497 e. The molecule has 0 amide bonds. The molecule has 0 fully saturated rings. The molecule has 1 heterocycles. The van der Waals surface area contributed by atoms with Crippen LogP contribution < -0.4 is 9.47 Å². The number of hydrogen-bond donors (Lipinski definition) is 1. The number of carboxylic acid groups (broad SMARTS) is 1. The molecule has 0 aliphatic carbocycles. The van der Waals surface area contributed by atoms with Gasteiger partial charge < -0.3 is 14.6 Å². The van der Waals surface area contributed by atoms with Gasteiger partial charge in [0.2, 0.25) is 0 Å². The van der Waals surface area contributed by atoms with Crippen molar-refractivity contribution in [3.05, 3.63) is 35.7 Å². The van der Waals surface area contributed by atoms with E-state index >= 15 is 0 Å².